The summed E-state index contributed by atoms with van der Waals surface area (Å²) in [6.45, 7) is 7.67. The van der Waals surface area contributed by atoms with Crippen LogP contribution < -0.4 is 5.32 Å². The van der Waals surface area contributed by atoms with Gasteiger partial charge in [0.25, 0.3) is 0 Å². The summed E-state index contributed by atoms with van der Waals surface area (Å²) in [4.78, 5) is 16.1. The van der Waals surface area contributed by atoms with E-state index in [1.165, 1.54) is 24.1 Å². The molecular formula is C33H40N2O. The minimum Gasteiger partial charge on any atom is -0.352 e. The van der Waals surface area contributed by atoms with Crippen molar-refractivity contribution in [1.29, 1.82) is 0 Å². The topological polar surface area (TPSA) is 32.3 Å². The molecule has 0 radical (unpaired) electrons. The third-order valence-electron chi connectivity index (χ3n) is 8.51. The Hall–Kier alpha value is -2.91. The summed E-state index contributed by atoms with van der Waals surface area (Å²) >= 11 is 0. The Morgan fingerprint density at radius 1 is 0.806 bits per heavy atom. The minimum atomic E-state index is -0.0831. The molecule has 2 fully saturated rings. The fraction of sp³-hybridized carbons (Fsp3) is 0.424. The van der Waals surface area contributed by atoms with Gasteiger partial charge in [-0.2, -0.15) is 0 Å². The number of carbonyl (C=O) groups excluding carboxylic acids is 1. The van der Waals surface area contributed by atoms with Crippen molar-refractivity contribution in [1.82, 2.24) is 10.2 Å². The SMILES string of the molecule is CC(C)C(C(=O)NC1CCC2CN(CCC(c3ccccc3)c3ccccc3)CC21)c1ccccc1. The zero-order valence-corrected chi connectivity index (χ0v) is 21.7. The zero-order chi connectivity index (χ0) is 24.9. The van der Waals surface area contributed by atoms with Gasteiger partial charge in [-0.25, -0.2) is 0 Å². The van der Waals surface area contributed by atoms with E-state index in [1.807, 2.05) is 18.2 Å². The number of amides is 1. The van der Waals surface area contributed by atoms with Gasteiger partial charge in [-0.05, 0) is 60.3 Å². The van der Waals surface area contributed by atoms with Gasteiger partial charge in [0.15, 0.2) is 0 Å². The number of benzene rings is 3. The number of fused-ring (bicyclic) bond motifs is 1. The normalized spacial score (nSPS) is 22.6. The van der Waals surface area contributed by atoms with Gasteiger partial charge in [0.2, 0.25) is 5.91 Å². The highest BCUT2D eigenvalue weighted by Gasteiger charge is 2.43. The van der Waals surface area contributed by atoms with Crippen LogP contribution in [0, 0.1) is 17.8 Å². The van der Waals surface area contributed by atoms with Crippen molar-refractivity contribution in [3.05, 3.63) is 108 Å². The summed E-state index contributed by atoms with van der Waals surface area (Å²) in [6.07, 6.45) is 3.46. The monoisotopic (exact) mass is 480 g/mol. The lowest BCUT2D eigenvalue weighted by molar-refractivity contribution is -0.124. The third-order valence-corrected chi connectivity index (χ3v) is 8.51. The average molecular weight is 481 g/mol. The van der Waals surface area contributed by atoms with Crippen LogP contribution in [0.2, 0.25) is 0 Å². The number of rotatable bonds is 9. The zero-order valence-electron chi connectivity index (χ0n) is 21.7. The first-order valence-electron chi connectivity index (χ1n) is 13.8. The lowest BCUT2D eigenvalue weighted by Gasteiger charge is -2.27. The molecule has 4 unspecified atom stereocenters. The predicted octanol–water partition coefficient (Wildman–Crippen LogP) is 6.48. The highest BCUT2D eigenvalue weighted by molar-refractivity contribution is 5.84. The van der Waals surface area contributed by atoms with Crippen LogP contribution in [0.3, 0.4) is 0 Å². The van der Waals surface area contributed by atoms with Crippen molar-refractivity contribution in [2.24, 2.45) is 17.8 Å². The summed E-state index contributed by atoms with van der Waals surface area (Å²) in [5.74, 6) is 2.09. The molecule has 3 heteroatoms. The Morgan fingerprint density at radius 3 is 1.92 bits per heavy atom. The van der Waals surface area contributed by atoms with Crippen LogP contribution in [0.15, 0.2) is 91.0 Å². The van der Waals surface area contributed by atoms with E-state index >= 15 is 0 Å². The quantitative estimate of drug-likeness (QED) is 0.380. The molecule has 1 N–H and O–H groups in total. The van der Waals surface area contributed by atoms with Gasteiger partial charge in [0.05, 0.1) is 5.92 Å². The molecule has 0 aromatic heterocycles. The number of nitrogens with zero attached hydrogens (tertiary/aromatic N) is 1. The molecule has 2 aliphatic rings. The van der Waals surface area contributed by atoms with Crippen LogP contribution in [-0.4, -0.2) is 36.5 Å². The summed E-state index contributed by atoms with van der Waals surface area (Å²) in [7, 11) is 0. The maximum atomic E-state index is 13.4. The Bertz CT molecular complexity index is 1060. The Morgan fingerprint density at radius 2 is 1.36 bits per heavy atom. The van der Waals surface area contributed by atoms with Gasteiger partial charge in [-0.15, -0.1) is 0 Å². The van der Waals surface area contributed by atoms with Crippen LogP contribution in [0.5, 0.6) is 0 Å². The van der Waals surface area contributed by atoms with Gasteiger partial charge in [-0.1, -0.05) is 105 Å². The summed E-state index contributed by atoms with van der Waals surface area (Å²) in [6, 6.07) is 32.4. The van der Waals surface area contributed by atoms with Crippen LogP contribution in [0.1, 0.15) is 61.6 Å². The van der Waals surface area contributed by atoms with Crippen molar-refractivity contribution < 1.29 is 4.79 Å². The molecule has 3 aromatic carbocycles. The molecule has 1 aliphatic heterocycles. The first kappa shape index (κ1) is 24.8. The second-order valence-corrected chi connectivity index (χ2v) is 11.2. The summed E-state index contributed by atoms with van der Waals surface area (Å²) in [5.41, 5.74) is 3.92. The van der Waals surface area contributed by atoms with E-state index in [4.69, 9.17) is 0 Å². The summed E-state index contributed by atoms with van der Waals surface area (Å²) < 4.78 is 0. The van der Waals surface area contributed by atoms with Gasteiger partial charge >= 0.3 is 0 Å². The van der Waals surface area contributed by atoms with Crippen molar-refractivity contribution in [3.8, 4) is 0 Å². The fourth-order valence-electron chi connectivity index (χ4n) is 6.70. The third kappa shape index (κ3) is 5.57. The van der Waals surface area contributed by atoms with Crippen LogP contribution >= 0.6 is 0 Å². The van der Waals surface area contributed by atoms with E-state index in [2.05, 4.69) is 96.9 Å². The number of nitrogens with one attached hydrogen (secondary N) is 1. The molecule has 1 heterocycles. The van der Waals surface area contributed by atoms with Crippen molar-refractivity contribution >= 4 is 5.91 Å². The standard InChI is InChI=1S/C33H40N2O/c1-24(2)32(27-16-10-5-11-17-27)33(36)34-31-19-18-28-22-35(23-30(28)31)21-20-29(25-12-6-3-7-13-25)26-14-8-4-9-15-26/h3-17,24,28-32H,18-23H2,1-2H3,(H,34,36). The largest absolute Gasteiger partial charge is 0.352 e. The number of hydrogen-bond acceptors (Lipinski definition) is 2. The Balaban J connectivity index is 1.21. The van der Waals surface area contributed by atoms with Gasteiger partial charge in [0.1, 0.15) is 0 Å². The summed E-state index contributed by atoms with van der Waals surface area (Å²) in [5, 5.41) is 3.50. The van der Waals surface area contributed by atoms with Gasteiger partial charge < -0.3 is 10.2 Å². The molecule has 0 spiro atoms. The first-order chi connectivity index (χ1) is 17.6. The van der Waals surface area contributed by atoms with Crippen molar-refractivity contribution in [3.63, 3.8) is 0 Å². The lowest BCUT2D eigenvalue weighted by Crippen LogP contribution is -2.43. The number of hydrogen-bond donors (Lipinski definition) is 1. The highest BCUT2D eigenvalue weighted by Crippen LogP contribution is 2.39. The fourth-order valence-corrected chi connectivity index (χ4v) is 6.70. The van der Waals surface area contributed by atoms with Gasteiger partial charge in [-0.3, -0.25) is 4.79 Å². The maximum Gasteiger partial charge on any atom is 0.228 e. The molecule has 3 aromatic rings. The molecule has 0 bridgehead atoms. The molecular weight excluding hydrogens is 440 g/mol. The van der Waals surface area contributed by atoms with E-state index < -0.39 is 0 Å². The van der Waals surface area contributed by atoms with E-state index in [-0.39, 0.29) is 17.7 Å². The Kier molecular flexibility index (Phi) is 7.87. The first-order valence-corrected chi connectivity index (χ1v) is 13.8. The molecule has 1 saturated carbocycles. The lowest BCUT2D eigenvalue weighted by atomic mass is 9.87. The number of carbonyl (C=O) groups is 1. The van der Waals surface area contributed by atoms with Crippen LogP contribution in [-0.2, 0) is 4.79 Å². The second-order valence-electron chi connectivity index (χ2n) is 11.2. The van der Waals surface area contributed by atoms with Crippen LogP contribution in [0.4, 0.5) is 0 Å². The highest BCUT2D eigenvalue weighted by atomic mass is 16.2. The van der Waals surface area contributed by atoms with E-state index in [0.717, 1.165) is 31.5 Å². The molecule has 1 aliphatic carbocycles. The van der Waals surface area contributed by atoms with E-state index in [0.29, 0.717) is 23.8 Å². The van der Waals surface area contributed by atoms with E-state index in [9.17, 15) is 4.79 Å². The molecule has 3 nitrogen and oxygen atoms in total. The second kappa shape index (κ2) is 11.4. The minimum absolute atomic E-state index is 0.0831. The molecule has 1 saturated heterocycles. The number of likely N-dealkylation sites (tertiary alicyclic amines) is 1. The molecule has 188 valence electrons. The molecule has 4 atom stereocenters. The smallest absolute Gasteiger partial charge is 0.228 e. The van der Waals surface area contributed by atoms with Gasteiger partial charge in [0, 0.05) is 25.0 Å². The van der Waals surface area contributed by atoms with Crippen molar-refractivity contribution in [2.45, 2.75) is 51.0 Å². The maximum absolute atomic E-state index is 13.4. The molecule has 5 rings (SSSR count). The van der Waals surface area contributed by atoms with Crippen molar-refractivity contribution in [2.75, 3.05) is 19.6 Å². The molecule has 36 heavy (non-hydrogen) atoms. The van der Waals surface area contributed by atoms with E-state index in [1.54, 1.807) is 0 Å². The average Bonchev–Trinajstić information content (AvgIpc) is 3.47. The predicted molar refractivity (Wildman–Crippen MR) is 148 cm³/mol. The molecule has 1 amide bonds. The van der Waals surface area contributed by atoms with Crippen LogP contribution in [0.25, 0.3) is 0 Å². The Labute approximate surface area is 216 Å².